The number of aromatic nitrogens is 3. The Morgan fingerprint density at radius 2 is 2.03 bits per heavy atom. The van der Waals surface area contributed by atoms with E-state index in [-0.39, 0.29) is 30.9 Å². The predicted octanol–water partition coefficient (Wildman–Crippen LogP) is 2.31. The number of hydrogen-bond donors (Lipinski definition) is 1. The molecule has 3 aromatic rings. The number of hydrogen-bond acceptors (Lipinski definition) is 6. The summed E-state index contributed by atoms with van der Waals surface area (Å²) in [6, 6.07) is 1.48. The Labute approximate surface area is 170 Å². The molecule has 8 nitrogen and oxygen atoms in total. The SMILES string of the molecule is C[C@@H]1COc2c(F)cc(F)cc2CN2c3nc4c(cnn4cc3OC[C@H]2C)C(=O)N1. The number of amides is 1. The molecule has 156 valence electrons. The number of nitrogens with one attached hydrogen (secondary N) is 1. The lowest BCUT2D eigenvalue weighted by Crippen LogP contribution is -2.41. The number of carbonyl (C=O) groups is 1. The third-order valence-electron chi connectivity index (χ3n) is 5.25. The first kappa shape index (κ1) is 18.6. The minimum Gasteiger partial charge on any atom is -0.488 e. The highest BCUT2D eigenvalue weighted by Crippen LogP contribution is 2.36. The van der Waals surface area contributed by atoms with Crippen molar-refractivity contribution in [1.29, 1.82) is 0 Å². The van der Waals surface area contributed by atoms with Crippen LogP contribution < -0.4 is 19.7 Å². The lowest BCUT2D eigenvalue weighted by molar-refractivity contribution is 0.0927. The number of rotatable bonds is 0. The summed E-state index contributed by atoms with van der Waals surface area (Å²) in [5.41, 5.74) is 1.02. The molecule has 30 heavy (non-hydrogen) atoms. The summed E-state index contributed by atoms with van der Waals surface area (Å²) < 4.78 is 41.6. The van der Waals surface area contributed by atoms with Crippen molar-refractivity contribution in [3.8, 4) is 11.5 Å². The molecule has 4 heterocycles. The van der Waals surface area contributed by atoms with Gasteiger partial charge in [-0.1, -0.05) is 0 Å². The second kappa shape index (κ2) is 6.82. The Morgan fingerprint density at radius 1 is 1.20 bits per heavy atom. The van der Waals surface area contributed by atoms with Gasteiger partial charge in [0.25, 0.3) is 5.91 Å². The number of anilines is 1. The molecule has 5 rings (SSSR count). The predicted molar refractivity (Wildman–Crippen MR) is 103 cm³/mol. The molecule has 10 heteroatoms. The molecule has 1 N–H and O–H groups in total. The van der Waals surface area contributed by atoms with Gasteiger partial charge in [0.15, 0.2) is 28.8 Å². The van der Waals surface area contributed by atoms with Gasteiger partial charge in [-0.15, -0.1) is 0 Å². The Kier molecular flexibility index (Phi) is 4.23. The van der Waals surface area contributed by atoms with Gasteiger partial charge in [0.05, 0.1) is 24.5 Å². The van der Waals surface area contributed by atoms with Crippen LogP contribution in [0.25, 0.3) is 5.65 Å². The highest BCUT2D eigenvalue weighted by Gasteiger charge is 2.30. The van der Waals surface area contributed by atoms with E-state index in [1.807, 2.05) is 11.8 Å². The largest absolute Gasteiger partial charge is 0.488 e. The van der Waals surface area contributed by atoms with Crippen LogP contribution in [0.4, 0.5) is 14.6 Å². The maximum atomic E-state index is 14.6. The molecule has 2 bridgehead atoms. The topological polar surface area (TPSA) is 81.0 Å². The molecule has 1 aromatic carbocycles. The van der Waals surface area contributed by atoms with E-state index in [4.69, 9.17) is 9.47 Å². The van der Waals surface area contributed by atoms with Gasteiger partial charge < -0.3 is 19.7 Å². The molecule has 2 aliphatic rings. The molecule has 0 aliphatic carbocycles. The molecular weight excluding hydrogens is 396 g/mol. The van der Waals surface area contributed by atoms with Gasteiger partial charge in [-0.3, -0.25) is 4.79 Å². The van der Waals surface area contributed by atoms with Gasteiger partial charge in [-0.2, -0.15) is 5.10 Å². The molecule has 0 saturated carbocycles. The maximum Gasteiger partial charge on any atom is 0.257 e. The Balaban J connectivity index is 1.72. The van der Waals surface area contributed by atoms with Gasteiger partial charge in [0.2, 0.25) is 0 Å². The first-order chi connectivity index (χ1) is 14.4. The number of carbonyl (C=O) groups excluding carboxylic acids is 1. The van der Waals surface area contributed by atoms with E-state index in [1.54, 1.807) is 13.1 Å². The highest BCUT2D eigenvalue weighted by molar-refractivity contribution is 6.00. The number of fused-ring (bicyclic) bond motifs is 1. The third-order valence-corrected chi connectivity index (χ3v) is 5.25. The van der Waals surface area contributed by atoms with Crippen LogP contribution in [-0.4, -0.2) is 45.8 Å². The van der Waals surface area contributed by atoms with Crippen LogP contribution >= 0.6 is 0 Å². The summed E-state index contributed by atoms with van der Waals surface area (Å²) in [6.07, 6.45) is 3.09. The minimum absolute atomic E-state index is 0.0145. The molecule has 2 aliphatic heterocycles. The fourth-order valence-electron chi connectivity index (χ4n) is 3.72. The van der Waals surface area contributed by atoms with Crippen LogP contribution in [0.5, 0.6) is 11.5 Å². The lowest BCUT2D eigenvalue weighted by atomic mass is 10.1. The first-order valence-corrected chi connectivity index (χ1v) is 9.60. The summed E-state index contributed by atoms with van der Waals surface area (Å²) in [7, 11) is 0. The van der Waals surface area contributed by atoms with Crippen molar-refractivity contribution in [3.63, 3.8) is 0 Å². The van der Waals surface area contributed by atoms with Crippen molar-refractivity contribution in [2.75, 3.05) is 18.1 Å². The molecule has 0 spiro atoms. The van der Waals surface area contributed by atoms with E-state index in [1.165, 1.54) is 16.8 Å². The Morgan fingerprint density at radius 3 is 2.87 bits per heavy atom. The fraction of sp³-hybridized carbons (Fsp3) is 0.350. The Hall–Kier alpha value is -3.43. The van der Waals surface area contributed by atoms with E-state index < -0.39 is 17.7 Å². The molecule has 0 saturated heterocycles. The number of ether oxygens (including phenoxy) is 2. The summed E-state index contributed by atoms with van der Waals surface area (Å²) in [5, 5.41) is 7.01. The summed E-state index contributed by atoms with van der Waals surface area (Å²) >= 11 is 0. The molecule has 0 unspecified atom stereocenters. The number of benzene rings is 1. The molecule has 2 aromatic heterocycles. The van der Waals surface area contributed by atoms with Gasteiger partial charge >= 0.3 is 0 Å². The average Bonchev–Trinajstić information content (AvgIpc) is 3.10. The second-order valence-electron chi connectivity index (χ2n) is 7.60. The van der Waals surface area contributed by atoms with Crippen molar-refractivity contribution in [2.45, 2.75) is 32.5 Å². The van der Waals surface area contributed by atoms with Crippen LogP contribution in [0.1, 0.15) is 29.8 Å². The quantitative estimate of drug-likeness (QED) is 0.607. The average molecular weight is 415 g/mol. The molecular formula is C20H19F2N5O3. The monoisotopic (exact) mass is 415 g/mol. The summed E-state index contributed by atoms with van der Waals surface area (Å²) in [6.45, 7) is 4.19. The first-order valence-electron chi connectivity index (χ1n) is 9.60. The molecule has 0 radical (unpaired) electrons. The zero-order valence-corrected chi connectivity index (χ0v) is 16.4. The van der Waals surface area contributed by atoms with Gasteiger partial charge in [-0.25, -0.2) is 18.3 Å². The summed E-state index contributed by atoms with van der Waals surface area (Å²) in [4.78, 5) is 19.3. The molecule has 1 amide bonds. The second-order valence-corrected chi connectivity index (χ2v) is 7.60. The van der Waals surface area contributed by atoms with Crippen molar-refractivity contribution in [1.82, 2.24) is 19.9 Å². The number of halogens is 2. The third kappa shape index (κ3) is 2.99. The van der Waals surface area contributed by atoms with Crippen LogP contribution in [-0.2, 0) is 6.54 Å². The standard InChI is InChI=1S/C20H19F2N5O3/c1-10-8-30-17-12(3-13(21)4-15(17)22)6-26-11(2)9-29-16-7-27-18(25-19(16)26)14(5-23-27)20(28)24-10/h3-5,7,10-11H,6,8-9H2,1-2H3,(H,24,28)/t10-,11-/m1/s1. The minimum atomic E-state index is -0.792. The van der Waals surface area contributed by atoms with E-state index in [0.717, 1.165) is 6.07 Å². The van der Waals surface area contributed by atoms with Crippen molar-refractivity contribution < 1.29 is 23.0 Å². The summed E-state index contributed by atoms with van der Waals surface area (Å²) in [5.74, 6) is -0.954. The van der Waals surface area contributed by atoms with E-state index in [9.17, 15) is 13.6 Å². The van der Waals surface area contributed by atoms with E-state index in [2.05, 4.69) is 15.4 Å². The molecule has 0 fully saturated rings. The maximum absolute atomic E-state index is 14.6. The van der Waals surface area contributed by atoms with E-state index >= 15 is 0 Å². The smallest absolute Gasteiger partial charge is 0.257 e. The van der Waals surface area contributed by atoms with E-state index in [0.29, 0.717) is 34.9 Å². The van der Waals surface area contributed by atoms with Crippen molar-refractivity contribution in [3.05, 3.63) is 47.3 Å². The normalized spacial score (nSPS) is 21.1. The van der Waals surface area contributed by atoms with Crippen LogP contribution in [0.3, 0.4) is 0 Å². The van der Waals surface area contributed by atoms with Crippen LogP contribution in [0, 0.1) is 11.6 Å². The van der Waals surface area contributed by atoms with Gasteiger partial charge in [0.1, 0.15) is 24.6 Å². The van der Waals surface area contributed by atoms with Gasteiger partial charge in [0, 0.05) is 18.2 Å². The van der Waals surface area contributed by atoms with Crippen LogP contribution in [0.15, 0.2) is 24.5 Å². The lowest BCUT2D eigenvalue weighted by Gasteiger charge is -2.36. The Bertz CT molecular complexity index is 1170. The van der Waals surface area contributed by atoms with Crippen molar-refractivity contribution >= 4 is 17.4 Å². The zero-order chi connectivity index (χ0) is 21.0. The zero-order valence-electron chi connectivity index (χ0n) is 16.4. The van der Waals surface area contributed by atoms with Gasteiger partial charge in [-0.05, 0) is 19.9 Å². The molecule has 2 atom stereocenters. The number of nitrogens with zero attached hydrogens (tertiary/aromatic N) is 4. The highest BCUT2D eigenvalue weighted by atomic mass is 19.1. The van der Waals surface area contributed by atoms with Crippen molar-refractivity contribution in [2.24, 2.45) is 0 Å². The van der Waals surface area contributed by atoms with Crippen LogP contribution in [0.2, 0.25) is 0 Å². The fourth-order valence-corrected chi connectivity index (χ4v) is 3.72.